The lowest BCUT2D eigenvalue weighted by Gasteiger charge is -2.28. The van der Waals surface area contributed by atoms with Crippen molar-refractivity contribution in [2.45, 2.75) is 141 Å². The minimum absolute atomic E-state index is 0.252. The van der Waals surface area contributed by atoms with E-state index in [-0.39, 0.29) is 11.9 Å². The molecule has 2 atom stereocenters. The molecule has 37 heavy (non-hydrogen) atoms. The molecule has 1 aliphatic heterocycles. The second kappa shape index (κ2) is 23.9. The maximum atomic E-state index is 6.58. The van der Waals surface area contributed by atoms with Crippen LogP contribution in [0.5, 0.6) is 0 Å². The van der Waals surface area contributed by atoms with Gasteiger partial charge in [0.1, 0.15) is 0 Å². The van der Waals surface area contributed by atoms with E-state index in [0.717, 1.165) is 51.7 Å². The summed E-state index contributed by atoms with van der Waals surface area (Å²) in [6.07, 6.45) is 40.2. The molecule has 1 heterocycles. The smallest absolute Gasteiger partial charge is 0.168 e. The minimum atomic E-state index is -0.332. The summed E-state index contributed by atoms with van der Waals surface area (Å²) < 4.78 is 13.0. The van der Waals surface area contributed by atoms with Gasteiger partial charge >= 0.3 is 0 Å². The van der Waals surface area contributed by atoms with Crippen LogP contribution < -0.4 is 0 Å². The topological polar surface area (TPSA) is 21.7 Å². The largest absolute Gasteiger partial charge is 0.347 e. The van der Waals surface area contributed by atoms with E-state index in [1.54, 1.807) is 0 Å². The summed E-state index contributed by atoms with van der Waals surface area (Å²) in [5.74, 6) is -0.332. The van der Waals surface area contributed by atoms with Gasteiger partial charge in [0.25, 0.3) is 0 Å². The van der Waals surface area contributed by atoms with E-state index in [1.165, 1.54) is 77.0 Å². The van der Waals surface area contributed by atoms with Crippen LogP contribution in [0.3, 0.4) is 0 Å². The highest BCUT2D eigenvalue weighted by molar-refractivity contribution is 4.97. The van der Waals surface area contributed by atoms with Gasteiger partial charge < -0.3 is 14.4 Å². The molecule has 0 radical (unpaired) electrons. The van der Waals surface area contributed by atoms with Crippen LogP contribution in [0.4, 0.5) is 0 Å². The van der Waals surface area contributed by atoms with Crippen LogP contribution in [0.1, 0.15) is 129 Å². The fourth-order valence-corrected chi connectivity index (χ4v) is 4.79. The number of unbranched alkanes of at least 4 members (excludes halogenated alkanes) is 9. The lowest BCUT2D eigenvalue weighted by atomic mass is 9.99. The Morgan fingerprint density at radius 2 is 1.22 bits per heavy atom. The number of hydrogen-bond acceptors (Lipinski definition) is 3. The van der Waals surface area contributed by atoms with Crippen LogP contribution >= 0.6 is 0 Å². The zero-order chi connectivity index (χ0) is 26.9. The molecule has 3 heteroatoms. The van der Waals surface area contributed by atoms with E-state index < -0.39 is 0 Å². The molecule has 0 aromatic carbocycles. The summed E-state index contributed by atoms with van der Waals surface area (Å²) >= 11 is 0. The molecular weight excluding hydrogens is 454 g/mol. The number of ether oxygens (including phenoxy) is 2. The van der Waals surface area contributed by atoms with E-state index in [4.69, 9.17) is 9.47 Å². The number of rotatable bonds is 24. The van der Waals surface area contributed by atoms with Gasteiger partial charge in [-0.05, 0) is 91.1 Å². The molecule has 3 nitrogen and oxygen atoms in total. The third-order valence-corrected chi connectivity index (χ3v) is 7.09. The van der Waals surface area contributed by atoms with Gasteiger partial charge in [-0.25, -0.2) is 0 Å². The minimum Gasteiger partial charge on any atom is -0.347 e. The van der Waals surface area contributed by atoms with Gasteiger partial charge in [0.2, 0.25) is 0 Å². The molecule has 0 bridgehead atoms. The third-order valence-electron chi connectivity index (χ3n) is 7.09. The van der Waals surface area contributed by atoms with Gasteiger partial charge in [0.15, 0.2) is 5.79 Å². The highest BCUT2D eigenvalue weighted by Gasteiger charge is 2.40. The predicted molar refractivity (Wildman–Crippen MR) is 163 cm³/mol. The van der Waals surface area contributed by atoms with Gasteiger partial charge in [-0.3, -0.25) is 0 Å². The molecule has 0 N–H and O–H groups in total. The maximum Gasteiger partial charge on any atom is 0.168 e. The van der Waals surface area contributed by atoms with Crippen molar-refractivity contribution in [1.82, 2.24) is 4.90 Å². The third kappa shape index (κ3) is 19.5. The Kier molecular flexibility index (Phi) is 21.9. The van der Waals surface area contributed by atoms with Crippen LogP contribution in [-0.4, -0.2) is 44.0 Å². The first-order valence-electron chi connectivity index (χ1n) is 15.7. The van der Waals surface area contributed by atoms with Crippen molar-refractivity contribution in [3.8, 4) is 0 Å². The van der Waals surface area contributed by atoms with Crippen molar-refractivity contribution >= 4 is 0 Å². The Bertz CT molecular complexity index is 621. The zero-order valence-electron chi connectivity index (χ0n) is 25.1. The molecular formula is C34H61NO2. The Hall–Kier alpha value is -1.16. The summed E-state index contributed by atoms with van der Waals surface area (Å²) in [5, 5.41) is 0. The normalized spacial score (nSPS) is 20.7. The Morgan fingerprint density at radius 3 is 1.76 bits per heavy atom. The van der Waals surface area contributed by atoms with Gasteiger partial charge in [-0.1, -0.05) is 88.1 Å². The standard InChI is InChI=1S/C34H61NO2/c1-5-7-9-11-13-14-15-16-17-18-19-20-21-23-25-27-30-34(29-26-24-22-12-10-8-6-2)36-32-33(37-34)28-31-35(3)4/h8,10,13-14,16-17,19-20,33H,5-7,9,11-12,15,18,21-32H2,1-4H3/b10-8-,14-13-,17-16-,20-19-. The Labute approximate surface area is 231 Å². The van der Waals surface area contributed by atoms with Crippen molar-refractivity contribution in [3.05, 3.63) is 48.6 Å². The van der Waals surface area contributed by atoms with Crippen molar-refractivity contribution in [3.63, 3.8) is 0 Å². The molecule has 1 saturated heterocycles. The lowest BCUT2D eigenvalue weighted by Crippen LogP contribution is -2.31. The number of allylic oxidation sites excluding steroid dienone is 8. The molecule has 0 aliphatic carbocycles. The van der Waals surface area contributed by atoms with E-state index in [1.807, 2.05) is 0 Å². The SMILES string of the molecule is CC/C=C\CCCCCC1(CCCCC/C=C\C/C=C\C/C=C\CCCCC)OCC(CCN(C)C)O1. The second-order valence-corrected chi connectivity index (χ2v) is 11.0. The first kappa shape index (κ1) is 33.9. The molecule has 1 fully saturated rings. The van der Waals surface area contributed by atoms with Crippen LogP contribution in [0.2, 0.25) is 0 Å². The van der Waals surface area contributed by atoms with Crippen molar-refractivity contribution in [2.75, 3.05) is 27.2 Å². The van der Waals surface area contributed by atoms with Crippen molar-refractivity contribution in [1.29, 1.82) is 0 Å². The Balaban J connectivity index is 2.23. The number of nitrogens with zero attached hydrogens (tertiary/aromatic N) is 1. The molecule has 0 spiro atoms. The first-order valence-corrected chi connectivity index (χ1v) is 15.7. The average molecular weight is 516 g/mol. The highest BCUT2D eigenvalue weighted by atomic mass is 16.7. The monoisotopic (exact) mass is 515 g/mol. The van der Waals surface area contributed by atoms with E-state index in [0.29, 0.717) is 0 Å². The summed E-state index contributed by atoms with van der Waals surface area (Å²) in [5.41, 5.74) is 0. The first-order chi connectivity index (χ1) is 18.1. The van der Waals surface area contributed by atoms with Crippen LogP contribution in [0.25, 0.3) is 0 Å². The van der Waals surface area contributed by atoms with Crippen LogP contribution in [0, 0.1) is 0 Å². The van der Waals surface area contributed by atoms with Gasteiger partial charge in [-0.15, -0.1) is 0 Å². The molecule has 0 amide bonds. The van der Waals surface area contributed by atoms with Gasteiger partial charge in [-0.2, -0.15) is 0 Å². The maximum absolute atomic E-state index is 6.58. The van der Waals surface area contributed by atoms with Crippen LogP contribution in [-0.2, 0) is 9.47 Å². The van der Waals surface area contributed by atoms with Gasteiger partial charge in [0.05, 0.1) is 12.7 Å². The zero-order valence-corrected chi connectivity index (χ0v) is 25.1. The summed E-state index contributed by atoms with van der Waals surface area (Å²) in [7, 11) is 4.27. The quantitative estimate of drug-likeness (QED) is 0.0942. The predicted octanol–water partition coefficient (Wildman–Crippen LogP) is 9.95. The fraction of sp³-hybridized carbons (Fsp3) is 0.765. The van der Waals surface area contributed by atoms with E-state index in [2.05, 4.69) is 81.5 Å². The molecule has 1 aliphatic rings. The summed E-state index contributed by atoms with van der Waals surface area (Å²) in [6.45, 7) is 6.28. The Morgan fingerprint density at radius 1 is 0.676 bits per heavy atom. The molecule has 0 aromatic heterocycles. The molecule has 2 unspecified atom stereocenters. The van der Waals surface area contributed by atoms with Crippen molar-refractivity contribution < 1.29 is 9.47 Å². The van der Waals surface area contributed by atoms with Crippen LogP contribution in [0.15, 0.2) is 48.6 Å². The van der Waals surface area contributed by atoms with E-state index in [9.17, 15) is 0 Å². The van der Waals surface area contributed by atoms with Crippen molar-refractivity contribution in [2.24, 2.45) is 0 Å². The molecule has 0 saturated carbocycles. The summed E-state index contributed by atoms with van der Waals surface area (Å²) in [6, 6.07) is 0. The molecule has 0 aromatic rings. The fourth-order valence-electron chi connectivity index (χ4n) is 4.79. The second-order valence-electron chi connectivity index (χ2n) is 11.0. The van der Waals surface area contributed by atoms with E-state index >= 15 is 0 Å². The van der Waals surface area contributed by atoms with Gasteiger partial charge in [0, 0.05) is 19.4 Å². The number of hydrogen-bond donors (Lipinski definition) is 0. The lowest BCUT2D eigenvalue weighted by molar-refractivity contribution is -0.180. The average Bonchev–Trinajstić information content (AvgIpc) is 3.30. The summed E-state index contributed by atoms with van der Waals surface area (Å²) in [4.78, 5) is 2.24. The molecule has 214 valence electrons. The highest BCUT2D eigenvalue weighted by Crippen LogP contribution is 2.35. The molecule has 1 rings (SSSR count).